The van der Waals surface area contributed by atoms with Gasteiger partial charge in [0.05, 0.1) is 10.6 Å². The molecule has 3 aromatic heterocycles. The van der Waals surface area contributed by atoms with E-state index in [0.717, 1.165) is 23.2 Å². The quantitative estimate of drug-likeness (QED) is 0.587. The van der Waals surface area contributed by atoms with Crippen LogP contribution in [-0.2, 0) is 12.2 Å². The molecule has 0 aliphatic heterocycles. The molecule has 1 saturated carbocycles. The molecule has 24 heavy (non-hydrogen) atoms. The van der Waals surface area contributed by atoms with E-state index in [9.17, 15) is 0 Å². The number of hydrogen-bond donors (Lipinski definition) is 0. The van der Waals surface area contributed by atoms with Gasteiger partial charge in [0.2, 0.25) is 5.89 Å². The van der Waals surface area contributed by atoms with Crippen LogP contribution in [0.1, 0.15) is 44.4 Å². The Hall–Kier alpha value is -1.67. The largest absolute Gasteiger partial charge is 0.339 e. The summed E-state index contributed by atoms with van der Waals surface area (Å²) in [6.07, 6.45) is 3.22. The van der Waals surface area contributed by atoms with E-state index in [1.165, 1.54) is 17.7 Å². The van der Waals surface area contributed by atoms with Crippen molar-refractivity contribution in [3.05, 3.63) is 29.2 Å². The normalized spacial score (nSPS) is 14.6. The van der Waals surface area contributed by atoms with Gasteiger partial charge < -0.3 is 4.52 Å². The Morgan fingerprint density at radius 1 is 1.38 bits per heavy atom. The summed E-state index contributed by atoms with van der Waals surface area (Å²) < 4.78 is 7.57. The van der Waals surface area contributed by atoms with Gasteiger partial charge in [0.25, 0.3) is 0 Å². The summed E-state index contributed by atoms with van der Waals surface area (Å²) >= 11 is 3.33. The van der Waals surface area contributed by atoms with Crippen molar-refractivity contribution in [1.82, 2.24) is 24.9 Å². The van der Waals surface area contributed by atoms with E-state index in [1.807, 2.05) is 6.07 Å². The van der Waals surface area contributed by atoms with Crippen LogP contribution in [0.3, 0.4) is 0 Å². The lowest BCUT2D eigenvalue weighted by Crippen LogP contribution is -1.99. The van der Waals surface area contributed by atoms with Crippen molar-refractivity contribution in [2.45, 2.75) is 50.1 Å². The molecule has 4 rings (SSSR count). The average molecular weight is 361 g/mol. The summed E-state index contributed by atoms with van der Waals surface area (Å²) in [6.45, 7) is 4.28. The molecule has 3 heterocycles. The van der Waals surface area contributed by atoms with Gasteiger partial charge in [0, 0.05) is 12.5 Å². The molecule has 0 N–H and O–H groups in total. The Bertz CT molecular complexity index is 804. The Kier molecular flexibility index (Phi) is 4.41. The molecule has 6 nitrogen and oxygen atoms in total. The highest BCUT2D eigenvalue weighted by Crippen LogP contribution is 2.42. The first kappa shape index (κ1) is 15.8. The van der Waals surface area contributed by atoms with Gasteiger partial charge in [0.15, 0.2) is 16.8 Å². The number of aromatic nitrogens is 5. The number of nitrogens with zero attached hydrogens (tertiary/aromatic N) is 5. The average Bonchev–Trinajstić information content (AvgIpc) is 2.97. The minimum absolute atomic E-state index is 0.511. The molecule has 0 bridgehead atoms. The summed E-state index contributed by atoms with van der Waals surface area (Å²) in [6, 6.07) is 4.68. The molecule has 3 aromatic rings. The van der Waals surface area contributed by atoms with Gasteiger partial charge in [-0.2, -0.15) is 4.98 Å². The molecule has 1 fully saturated rings. The summed E-state index contributed by atoms with van der Waals surface area (Å²) in [5, 5.41) is 15.9. The van der Waals surface area contributed by atoms with Crippen molar-refractivity contribution in [2.75, 3.05) is 0 Å². The number of thiophene rings is 1. The lowest BCUT2D eigenvalue weighted by atomic mass is 10.1. The number of thioether (sulfide) groups is 1. The molecule has 126 valence electrons. The fourth-order valence-electron chi connectivity index (χ4n) is 2.52. The van der Waals surface area contributed by atoms with Crippen LogP contribution in [0.2, 0.25) is 0 Å². The van der Waals surface area contributed by atoms with Gasteiger partial charge in [-0.3, -0.25) is 4.57 Å². The zero-order valence-electron chi connectivity index (χ0n) is 13.7. The first-order valence-electron chi connectivity index (χ1n) is 8.13. The number of hydrogen-bond acceptors (Lipinski definition) is 7. The first-order chi connectivity index (χ1) is 11.7. The molecule has 0 atom stereocenters. The molecule has 1 aliphatic rings. The zero-order chi connectivity index (χ0) is 16.5. The Labute approximate surface area is 148 Å². The van der Waals surface area contributed by atoms with Crippen LogP contribution in [0.15, 0.2) is 27.2 Å². The number of rotatable bonds is 7. The van der Waals surface area contributed by atoms with Crippen molar-refractivity contribution >= 4 is 23.1 Å². The fraction of sp³-hybridized carbons (Fsp3) is 0.500. The van der Waals surface area contributed by atoms with Gasteiger partial charge in [-0.1, -0.05) is 36.8 Å². The predicted octanol–water partition coefficient (Wildman–Crippen LogP) is 4.22. The second-order valence-corrected chi connectivity index (χ2v) is 8.27. The second-order valence-electron chi connectivity index (χ2n) is 6.38. The molecule has 0 unspecified atom stereocenters. The molecule has 1 aliphatic carbocycles. The van der Waals surface area contributed by atoms with Crippen LogP contribution in [0.5, 0.6) is 0 Å². The highest BCUT2D eigenvalue weighted by molar-refractivity contribution is 7.98. The second kappa shape index (κ2) is 6.68. The van der Waals surface area contributed by atoms with Crippen molar-refractivity contribution in [2.24, 2.45) is 5.92 Å². The van der Waals surface area contributed by atoms with Crippen molar-refractivity contribution in [1.29, 1.82) is 0 Å². The molecular formula is C16H19N5OS2. The van der Waals surface area contributed by atoms with E-state index in [1.54, 1.807) is 23.1 Å². The van der Waals surface area contributed by atoms with E-state index in [0.29, 0.717) is 23.6 Å². The lowest BCUT2D eigenvalue weighted by molar-refractivity contribution is 0.360. The molecule has 0 aromatic carbocycles. The van der Waals surface area contributed by atoms with Gasteiger partial charge in [0.1, 0.15) is 0 Å². The fourth-order valence-corrected chi connectivity index (χ4v) is 4.08. The maximum Gasteiger partial charge on any atom is 0.226 e. The third-order valence-corrected chi connectivity index (χ3v) is 5.55. The summed E-state index contributed by atoms with van der Waals surface area (Å²) in [5.74, 6) is 3.57. The van der Waals surface area contributed by atoms with E-state index in [4.69, 9.17) is 4.52 Å². The van der Waals surface area contributed by atoms with Crippen LogP contribution in [-0.4, -0.2) is 24.9 Å². The summed E-state index contributed by atoms with van der Waals surface area (Å²) in [4.78, 5) is 5.63. The van der Waals surface area contributed by atoms with Gasteiger partial charge in [-0.15, -0.1) is 21.5 Å². The standard InChI is InChI=1S/C16H19N5OS2/c1-10(2)8-14-17-13(20-22-14)9-24-16-19-18-15(12-4-3-7-23-12)21(16)11-5-6-11/h3-4,7,10-11H,5-6,8-9H2,1-2H3. The summed E-state index contributed by atoms with van der Waals surface area (Å²) in [5.41, 5.74) is 0. The molecule has 0 spiro atoms. The van der Waals surface area contributed by atoms with E-state index >= 15 is 0 Å². The minimum Gasteiger partial charge on any atom is -0.339 e. The van der Waals surface area contributed by atoms with Crippen LogP contribution >= 0.6 is 23.1 Å². The van der Waals surface area contributed by atoms with Crippen LogP contribution in [0.4, 0.5) is 0 Å². The first-order valence-corrected chi connectivity index (χ1v) is 10.00. The minimum atomic E-state index is 0.511. The highest BCUT2D eigenvalue weighted by Gasteiger charge is 2.30. The highest BCUT2D eigenvalue weighted by atomic mass is 32.2. The van der Waals surface area contributed by atoms with Gasteiger partial charge in [-0.25, -0.2) is 0 Å². The maximum absolute atomic E-state index is 5.30. The molecule has 0 radical (unpaired) electrons. The lowest BCUT2D eigenvalue weighted by Gasteiger charge is -2.06. The van der Waals surface area contributed by atoms with Crippen LogP contribution in [0, 0.1) is 5.92 Å². The maximum atomic E-state index is 5.30. The zero-order valence-corrected chi connectivity index (χ0v) is 15.3. The molecule has 0 saturated heterocycles. The van der Waals surface area contributed by atoms with Crippen molar-refractivity contribution in [3.8, 4) is 10.7 Å². The topological polar surface area (TPSA) is 69.6 Å². The Balaban J connectivity index is 1.50. The third-order valence-electron chi connectivity index (χ3n) is 3.74. The molecule has 0 amide bonds. The van der Waals surface area contributed by atoms with Crippen LogP contribution in [0.25, 0.3) is 10.7 Å². The van der Waals surface area contributed by atoms with Crippen LogP contribution < -0.4 is 0 Å². The Morgan fingerprint density at radius 3 is 2.96 bits per heavy atom. The Morgan fingerprint density at radius 2 is 2.25 bits per heavy atom. The molecule has 8 heteroatoms. The van der Waals surface area contributed by atoms with Crippen molar-refractivity contribution in [3.63, 3.8) is 0 Å². The molecular weight excluding hydrogens is 342 g/mol. The van der Waals surface area contributed by atoms with Gasteiger partial charge in [-0.05, 0) is 30.2 Å². The van der Waals surface area contributed by atoms with E-state index < -0.39 is 0 Å². The van der Waals surface area contributed by atoms with E-state index in [-0.39, 0.29) is 0 Å². The smallest absolute Gasteiger partial charge is 0.226 e. The van der Waals surface area contributed by atoms with E-state index in [2.05, 4.69) is 50.2 Å². The van der Waals surface area contributed by atoms with Gasteiger partial charge >= 0.3 is 0 Å². The third kappa shape index (κ3) is 3.39. The summed E-state index contributed by atoms with van der Waals surface area (Å²) in [7, 11) is 0. The van der Waals surface area contributed by atoms with Crippen molar-refractivity contribution < 1.29 is 4.52 Å². The SMILES string of the molecule is CC(C)Cc1nc(CSc2nnc(-c3cccs3)n2C2CC2)no1. The monoisotopic (exact) mass is 361 g/mol. The predicted molar refractivity (Wildman–Crippen MR) is 94.0 cm³/mol.